The standard InChI is InChI=1S/C14H15BrFNO/c1-10(4-6-12-3-2-8-18-12)17-14-7-5-11(16)9-13(14)15/h2-3,5,7-10,17H,4,6H2,1H3. The molecule has 0 amide bonds. The fraction of sp³-hybridized carbons (Fsp3) is 0.286. The predicted octanol–water partition coefficient (Wildman–Crippen LogP) is 4.61. The predicted molar refractivity (Wildman–Crippen MR) is 74.2 cm³/mol. The van der Waals surface area contributed by atoms with Gasteiger partial charge in [0, 0.05) is 22.6 Å². The highest BCUT2D eigenvalue weighted by molar-refractivity contribution is 9.10. The number of aryl methyl sites for hydroxylation is 1. The number of nitrogens with one attached hydrogen (secondary N) is 1. The molecule has 0 saturated carbocycles. The van der Waals surface area contributed by atoms with Crippen molar-refractivity contribution in [2.75, 3.05) is 5.32 Å². The van der Waals surface area contributed by atoms with Gasteiger partial charge in [0.15, 0.2) is 0 Å². The van der Waals surface area contributed by atoms with Crippen LogP contribution in [0.15, 0.2) is 45.5 Å². The number of hydrogen-bond donors (Lipinski definition) is 1. The molecule has 2 nitrogen and oxygen atoms in total. The first-order valence-electron chi connectivity index (χ1n) is 5.89. The molecule has 2 rings (SSSR count). The van der Waals surface area contributed by atoms with Crippen LogP contribution >= 0.6 is 15.9 Å². The molecule has 0 radical (unpaired) electrons. The van der Waals surface area contributed by atoms with Gasteiger partial charge in [0.05, 0.1) is 6.26 Å². The van der Waals surface area contributed by atoms with Gasteiger partial charge in [-0.25, -0.2) is 4.39 Å². The molecule has 1 atom stereocenters. The largest absolute Gasteiger partial charge is 0.469 e. The number of benzene rings is 1. The van der Waals surface area contributed by atoms with Crippen molar-refractivity contribution >= 4 is 21.6 Å². The summed E-state index contributed by atoms with van der Waals surface area (Å²) >= 11 is 3.34. The van der Waals surface area contributed by atoms with E-state index in [1.54, 1.807) is 12.3 Å². The Morgan fingerprint density at radius 2 is 2.22 bits per heavy atom. The monoisotopic (exact) mass is 311 g/mol. The number of rotatable bonds is 5. The summed E-state index contributed by atoms with van der Waals surface area (Å²) in [6.45, 7) is 2.10. The van der Waals surface area contributed by atoms with E-state index >= 15 is 0 Å². The van der Waals surface area contributed by atoms with Crippen LogP contribution in [0, 0.1) is 5.82 Å². The summed E-state index contributed by atoms with van der Waals surface area (Å²) in [5.74, 6) is 0.748. The molecule has 1 aromatic carbocycles. The Kier molecular flexibility index (Phi) is 4.42. The Labute approximate surface area is 114 Å². The Hall–Kier alpha value is -1.29. The van der Waals surface area contributed by atoms with E-state index in [0.29, 0.717) is 0 Å². The molecule has 1 heterocycles. The Morgan fingerprint density at radius 1 is 1.39 bits per heavy atom. The van der Waals surface area contributed by atoms with Crippen LogP contribution in [0.2, 0.25) is 0 Å². The Balaban J connectivity index is 1.88. The van der Waals surface area contributed by atoms with E-state index in [-0.39, 0.29) is 11.9 Å². The van der Waals surface area contributed by atoms with Gasteiger partial charge in [-0.05, 0) is 59.6 Å². The van der Waals surface area contributed by atoms with Crippen molar-refractivity contribution in [3.05, 3.63) is 52.6 Å². The second kappa shape index (κ2) is 6.05. The summed E-state index contributed by atoms with van der Waals surface area (Å²) in [5, 5.41) is 3.34. The molecule has 18 heavy (non-hydrogen) atoms. The Morgan fingerprint density at radius 3 is 2.89 bits per heavy atom. The van der Waals surface area contributed by atoms with E-state index in [9.17, 15) is 4.39 Å². The quantitative estimate of drug-likeness (QED) is 0.872. The molecule has 4 heteroatoms. The van der Waals surface area contributed by atoms with Gasteiger partial charge in [0.2, 0.25) is 0 Å². The average Bonchev–Trinajstić information content (AvgIpc) is 2.83. The molecule has 0 fully saturated rings. The fourth-order valence-electron chi connectivity index (χ4n) is 1.76. The number of halogens is 2. The molecule has 0 saturated heterocycles. The third-order valence-corrected chi connectivity index (χ3v) is 3.39. The van der Waals surface area contributed by atoms with Crippen LogP contribution < -0.4 is 5.32 Å². The van der Waals surface area contributed by atoms with Crippen molar-refractivity contribution in [3.8, 4) is 0 Å². The van der Waals surface area contributed by atoms with Gasteiger partial charge in [-0.15, -0.1) is 0 Å². The first-order valence-corrected chi connectivity index (χ1v) is 6.68. The lowest BCUT2D eigenvalue weighted by atomic mass is 10.1. The lowest BCUT2D eigenvalue weighted by Gasteiger charge is -2.15. The zero-order valence-corrected chi connectivity index (χ0v) is 11.7. The third-order valence-electron chi connectivity index (χ3n) is 2.74. The number of anilines is 1. The zero-order valence-electron chi connectivity index (χ0n) is 10.1. The van der Waals surface area contributed by atoms with E-state index in [0.717, 1.165) is 28.8 Å². The molecule has 0 bridgehead atoms. The van der Waals surface area contributed by atoms with E-state index in [1.807, 2.05) is 12.1 Å². The summed E-state index contributed by atoms with van der Waals surface area (Å²) in [7, 11) is 0. The minimum Gasteiger partial charge on any atom is -0.469 e. The van der Waals surface area contributed by atoms with Gasteiger partial charge in [-0.2, -0.15) is 0 Å². The normalized spacial score (nSPS) is 12.4. The molecule has 1 unspecified atom stereocenters. The molecule has 0 aliphatic heterocycles. The molecular formula is C14H15BrFNO. The molecule has 1 aromatic heterocycles. The maximum Gasteiger partial charge on any atom is 0.124 e. The highest BCUT2D eigenvalue weighted by atomic mass is 79.9. The van der Waals surface area contributed by atoms with Gasteiger partial charge in [0.1, 0.15) is 11.6 Å². The van der Waals surface area contributed by atoms with Crippen LogP contribution in [0.25, 0.3) is 0 Å². The maximum absolute atomic E-state index is 12.9. The maximum atomic E-state index is 12.9. The molecule has 2 aromatic rings. The van der Waals surface area contributed by atoms with Crippen molar-refractivity contribution in [2.24, 2.45) is 0 Å². The summed E-state index contributed by atoms with van der Waals surface area (Å²) in [5.41, 5.74) is 0.906. The lowest BCUT2D eigenvalue weighted by molar-refractivity contribution is 0.495. The van der Waals surface area contributed by atoms with Crippen LogP contribution in [0.4, 0.5) is 10.1 Å². The van der Waals surface area contributed by atoms with Crippen LogP contribution in [-0.2, 0) is 6.42 Å². The topological polar surface area (TPSA) is 25.2 Å². The molecule has 0 aliphatic rings. The summed E-state index contributed by atoms with van der Waals surface area (Å²) < 4.78 is 19.0. The highest BCUT2D eigenvalue weighted by Gasteiger charge is 2.07. The van der Waals surface area contributed by atoms with Crippen LogP contribution in [0.5, 0.6) is 0 Å². The minimum atomic E-state index is -0.240. The second-order valence-corrected chi connectivity index (χ2v) is 5.14. The Bertz CT molecular complexity index is 499. The average molecular weight is 312 g/mol. The van der Waals surface area contributed by atoms with Gasteiger partial charge >= 0.3 is 0 Å². The van der Waals surface area contributed by atoms with E-state index in [4.69, 9.17) is 4.42 Å². The van der Waals surface area contributed by atoms with E-state index < -0.39 is 0 Å². The number of furan rings is 1. The van der Waals surface area contributed by atoms with Crippen LogP contribution in [0.1, 0.15) is 19.1 Å². The first-order chi connectivity index (χ1) is 8.65. The fourth-order valence-corrected chi connectivity index (χ4v) is 2.22. The molecular weight excluding hydrogens is 297 g/mol. The third kappa shape index (κ3) is 3.60. The molecule has 1 N–H and O–H groups in total. The summed E-state index contributed by atoms with van der Waals surface area (Å²) in [6.07, 6.45) is 3.53. The van der Waals surface area contributed by atoms with Crippen molar-refractivity contribution in [2.45, 2.75) is 25.8 Å². The first kappa shape index (κ1) is 13.1. The highest BCUT2D eigenvalue weighted by Crippen LogP contribution is 2.24. The summed E-state index contributed by atoms with van der Waals surface area (Å²) in [6, 6.07) is 8.80. The smallest absolute Gasteiger partial charge is 0.124 e. The zero-order chi connectivity index (χ0) is 13.0. The van der Waals surface area contributed by atoms with E-state index in [1.165, 1.54) is 12.1 Å². The van der Waals surface area contributed by atoms with Gasteiger partial charge < -0.3 is 9.73 Å². The van der Waals surface area contributed by atoms with Crippen LogP contribution in [0.3, 0.4) is 0 Å². The van der Waals surface area contributed by atoms with E-state index in [2.05, 4.69) is 28.2 Å². The van der Waals surface area contributed by atoms with Crippen molar-refractivity contribution in [1.29, 1.82) is 0 Å². The molecule has 0 spiro atoms. The SMILES string of the molecule is CC(CCc1ccco1)Nc1ccc(F)cc1Br. The van der Waals surface area contributed by atoms with Gasteiger partial charge in [0.25, 0.3) is 0 Å². The van der Waals surface area contributed by atoms with Gasteiger partial charge in [-0.3, -0.25) is 0 Å². The second-order valence-electron chi connectivity index (χ2n) is 4.29. The lowest BCUT2D eigenvalue weighted by Crippen LogP contribution is -2.16. The minimum absolute atomic E-state index is 0.240. The van der Waals surface area contributed by atoms with Crippen molar-refractivity contribution in [1.82, 2.24) is 0 Å². The molecule has 96 valence electrons. The van der Waals surface area contributed by atoms with Gasteiger partial charge in [-0.1, -0.05) is 0 Å². The van der Waals surface area contributed by atoms with Crippen LogP contribution in [-0.4, -0.2) is 6.04 Å². The van der Waals surface area contributed by atoms with Crippen molar-refractivity contribution < 1.29 is 8.81 Å². The summed E-state index contributed by atoms with van der Waals surface area (Å²) in [4.78, 5) is 0. The van der Waals surface area contributed by atoms with Crippen molar-refractivity contribution in [3.63, 3.8) is 0 Å². The molecule has 0 aliphatic carbocycles. The number of hydrogen-bond acceptors (Lipinski definition) is 2.